The summed E-state index contributed by atoms with van der Waals surface area (Å²) in [6, 6.07) is 6.19. The van der Waals surface area contributed by atoms with E-state index in [1.54, 1.807) is 0 Å². The zero-order valence-corrected chi connectivity index (χ0v) is 11.8. The lowest BCUT2D eigenvalue weighted by atomic mass is 9.71. The molecule has 1 aromatic carbocycles. The van der Waals surface area contributed by atoms with E-state index in [1.165, 1.54) is 36.6 Å². The molecule has 18 heavy (non-hydrogen) atoms. The monoisotopic (exact) mass is 261 g/mol. The largest absolute Gasteiger partial charge is 0.360 e. The van der Waals surface area contributed by atoms with E-state index in [0.717, 1.165) is 10.5 Å². The number of H-pyrrole nitrogens is 1. The Balaban J connectivity index is 1.94. The van der Waals surface area contributed by atoms with Gasteiger partial charge in [0.05, 0.1) is 10.5 Å². The normalized spacial score (nSPS) is 20.4. The molecule has 1 N–H and O–H groups in total. The summed E-state index contributed by atoms with van der Waals surface area (Å²) in [7, 11) is 0. The molecule has 0 spiro atoms. The van der Waals surface area contributed by atoms with E-state index in [0.29, 0.717) is 11.3 Å². The molecule has 2 heteroatoms. The number of benzene rings is 1. The number of para-hydroxylation sites is 1. The van der Waals surface area contributed by atoms with Crippen molar-refractivity contribution in [1.29, 1.82) is 0 Å². The number of aromatic nitrogens is 1. The van der Waals surface area contributed by atoms with Crippen LogP contribution in [0, 0.1) is 5.41 Å². The third-order valence-electron chi connectivity index (χ3n) is 4.48. The summed E-state index contributed by atoms with van der Waals surface area (Å²) in [6.07, 6.45) is 7.41. The standard InChI is InChI=1S/C16H20ClN/c1-16(2)8-6-11(7-9-16)13-10-18-15-12(13)4-3-5-14(15)17/h3-5,10-11,18H,6-9H2,1-2H3. The van der Waals surface area contributed by atoms with Crippen molar-refractivity contribution in [2.75, 3.05) is 0 Å². The molecular formula is C16H20ClN. The Labute approximate surface area is 114 Å². The fraction of sp³-hybridized carbons (Fsp3) is 0.500. The summed E-state index contributed by atoms with van der Waals surface area (Å²) in [5.74, 6) is 0.699. The molecule has 1 aliphatic rings. The van der Waals surface area contributed by atoms with Gasteiger partial charge < -0.3 is 4.98 Å². The molecule has 0 aliphatic heterocycles. The minimum absolute atomic E-state index is 0.528. The van der Waals surface area contributed by atoms with Gasteiger partial charge in [0.1, 0.15) is 0 Å². The summed E-state index contributed by atoms with van der Waals surface area (Å²) in [6.45, 7) is 4.77. The lowest BCUT2D eigenvalue weighted by molar-refractivity contribution is 0.225. The minimum Gasteiger partial charge on any atom is -0.360 e. The quantitative estimate of drug-likeness (QED) is 0.697. The van der Waals surface area contributed by atoms with Gasteiger partial charge in [-0.25, -0.2) is 0 Å². The van der Waals surface area contributed by atoms with Crippen LogP contribution in [0.25, 0.3) is 10.9 Å². The molecule has 1 aromatic heterocycles. The van der Waals surface area contributed by atoms with E-state index < -0.39 is 0 Å². The summed E-state index contributed by atoms with van der Waals surface area (Å²) < 4.78 is 0. The highest BCUT2D eigenvalue weighted by Gasteiger charge is 2.28. The van der Waals surface area contributed by atoms with Crippen LogP contribution in [0.4, 0.5) is 0 Å². The van der Waals surface area contributed by atoms with Gasteiger partial charge in [-0.1, -0.05) is 37.6 Å². The first-order chi connectivity index (χ1) is 8.57. The lowest BCUT2D eigenvalue weighted by Gasteiger charge is -2.34. The van der Waals surface area contributed by atoms with Gasteiger partial charge in [-0.05, 0) is 48.6 Å². The lowest BCUT2D eigenvalue weighted by Crippen LogP contribution is -2.20. The van der Waals surface area contributed by atoms with Crippen molar-refractivity contribution in [1.82, 2.24) is 4.98 Å². The van der Waals surface area contributed by atoms with Crippen molar-refractivity contribution in [2.24, 2.45) is 5.41 Å². The average molecular weight is 262 g/mol. The molecule has 1 saturated carbocycles. The number of fused-ring (bicyclic) bond motifs is 1. The summed E-state index contributed by atoms with van der Waals surface area (Å²) in [4.78, 5) is 3.34. The first-order valence-electron chi connectivity index (χ1n) is 6.82. The molecule has 1 heterocycles. The van der Waals surface area contributed by atoms with E-state index in [2.05, 4.69) is 37.2 Å². The molecule has 2 aromatic rings. The molecule has 96 valence electrons. The van der Waals surface area contributed by atoms with Crippen LogP contribution >= 0.6 is 11.6 Å². The van der Waals surface area contributed by atoms with Crippen molar-refractivity contribution >= 4 is 22.5 Å². The van der Waals surface area contributed by atoms with Crippen LogP contribution < -0.4 is 0 Å². The first kappa shape index (κ1) is 12.1. The van der Waals surface area contributed by atoms with Crippen LogP contribution in [-0.4, -0.2) is 4.98 Å². The average Bonchev–Trinajstić information content (AvgIpc) is 2.74. The molecule has 0 amide bonds. The van der Waals surface area contributed by atoms with Crippen LogP contribution in [-0.2, 0) is 0 Å². The highest BCUT2D eigenvalue weighted by atomic mass is 35.5. The van der Waals surface area contributed by atoms with Crippen LogP contribution in [0.2, 0.25) is 5.02 Å². The predicted molar refractivity (Wildman–Crippen MR) is 78.3 cm³/mol. The Kier molecular flexibility index (Phi) is 2.90. The van der Waals surface area contributed by atoms with Gasteiger partial charge in [0.2, 0.25) is 0 Å². The fourth-order valence-corrected chi connectivity index (χ4v) is 3.42. The molecule has 1 fully saturated rings. The van der Waals surface area contributed by atoms with E-state index in [-0.39, 0.29) is 0 Å². The molecule has 1 nitrogen and oxygen atoms in total. The topological polar surface area (TPSA) is 15.8 Å². The molecular weight excluding hydrogens is 242 g/mol. The molecule has 0 atom stereocenters. The van der Waals surface area contributed by atoms with Crippen LogP contribution in [0.15, 0.2) is 24.4 Å². The predicted octanol–water partition coefficient (Wildman–Crippen LogP) is 5.51. The minimum atomic E-state index is 0.528. The van der Waals surface area contributed by atoms with Crippen LogP contribution in [0.3, 0.4) is 0 Å². The maximum absolute atomic E-state index is 6.22. The number of halogens is 1. The molecule has 0 bridgehead atoms. The first-order valence-corrected chi connectivity index (χ1v) is 7.20. The highest BCUT2D eigenvalue weighted by Crippen LogP contribution is 2.44. The van der Waals surface area contributed by atoms with Gasteiger partial charge in [0, 0.05) is 11.6 Å². The van der Waals surface area contributed by atoms with Crippen molar-refractivity contribution in [3.63, 3.8) is 0 Å². The van der Waals surface area contributed by atoms with Gasteiger partial charge in [-0.2, -0.15) is 0 Å². The Morgan fingerprint density at radius 3 is 2.67 bits per heavy atom. The second-order valence-electron chi connectivity index (χ2n) is 6.34. The van der Waals surface area contributed by atoms with Crippen molar-refractivity contribution < 1.29 is 0 Å². The number of aromatic amines is 1. The van der Waals surface area contributed by atoms with E-state index in [1.807, 2.05) is 6.07 Å². The summed E-state index contributed by atoms with van der Waals surface area (Å²) in [5, 5.41) is 2.14. The van der Waals surface area contributed by atoms with Gasteiger partial charge >= 0.3 is 0 Å². The molecule has 3 rings (SSSR count). The molecule has 0 radical (unpaired) electrons. The number of hydrogen-bond donors (Lipinski definition) is 1. The van der Waals surface area contributed by atoms with E-state index >= 15 is 0 Å². The second-order valence-corrected chi connectivity index (χ2v) is 6.75. The van der Waals surface area contributed by atoms with Gasteiger partial charge in [0.25, 0.3) is 0 Å². The van der Waals surface area contributed by atoms with E-state index in [4.69, 9.17) is 11.6 Å². The SMILES string of the molecule is CC1(C)CCC(c2c[nH]c3c(Cl)cccc23)CC1. The highest BCUT2D eigenvalue weighted by molar-refractivity contribution is 6.35. The Morgan fingerprint density at radius 2 is 1.94 bits per heavy atom. The maximum atomic E-state index is 6.22. The second kappa shape index (κ2) is 4.31. The van der Waals surface area contributed by atoms with Gasteiger partial charge in [0.15, 0.2) is 0 Å². The maximum Gasteiger partial charge on any atom is 0.0647 e. The Morgan fingerprint density at radius 1 is 1.22 bits per heavy atom. The third-order valence-corrected chi connectivity index (χ3v) is 4.79. The van der Waals surface area contributed by atoms with Crippen molar-refractivity contribution in [3.8, 4) is 0 Å². The third kappa shape index (κ3) is 2.05. The number of rotatable bonds is 1. The van der Waals surface area contributed by atoms with Crippen molar-refractivity contribution in [3.05, 3.63) is 35.0 Å². The molecule has 0 unspecified atom stereocenters. The summed E-state index contributed by atoms with van der Waals surface area (Å²) in [5.41, 5.74) is 3.09. The van der Waals surface area contributed by atoms with Crippen molar-refractivity contribution in [2.45, 2.75) is 45.4 Å². The number of nitrogens with one attached hydrogen (secondary N) is 1. The Hall–Kier alpha value is -0.950. The van der Waals surface area contributed by atoms with Crippen LogP contribution in [0.5, 0.6) is 0 Å². The fourth-order valence-electron chi connectivity index (χ4n) is 3.19. The van der Waals surface area contributed by atoms with Crippen LogP contribution in [0.1, 0.15) is 51.0 Å². The number of hydrogen-bond acceptors (Lipinski definition) is 0. The summed E-state index contributed by atoms with van der Waals surface area (Å²) >= 11 is 6.22. The van der Waals surface area contributed by atoms with Gasteiger partial charge in [-0.3, -0.25) is 0 Å². The molecule has 1 aliphatic carbocycles. The molecule has 0 saturated heterocycles. The Bertz CT molecular complexity index is 557. The zero-order chi connectivity index (χ0) is 12.8. The smallest absolute Gasteiger partial charge is 0.0647 e. The zero-order valence-electron chi connectivity index (χ0n) is 11.1. The van der Waals surface area contributed by atoms with Gasteiger partial charge in [-0.15, -0.1) is 0 Å². The van der Waals surface area contributed by atoms with E-state index in [9.17, 15) is 0 Å².